The van der Waals surface area contributed by atoms with Crippen molar-refractivity contribution in [3.8, 4) is 5.75 Å². The molecule has 0 radical (unpaired) electrons. The quantitative estimate of drug-likeness (QED) is 0.702. The van der Waals surface area contributed by atoms with Gasteiger partial charge in [0.1, 0.15) is 5.75 Å². The van der Waals surface area contributed by atoms with Gasteiger partial charge in [0.15, 0.2) is 0 Å². The molecule has 2 aromatic rings. The van der Waals surface area contributed by atoms with Gasteiger partial charge in [0.2, 0.25) is 15.9 Å². The third-order valence-corrected chi connectivity index (χ3v) is 5.52. The lowest BCUT2D eigenvalue weighted by molar-refractivity contribution is -0.116. The first-order valence-corrected chi connectivity index (χ1v) is 10.7. The molecule has 0 aliphatic carbocycles. The monoisotopic (exact) mass is 404 g/mol. The molecule has 0 saturated carbocycles. The van der Waals surface area contributed by atoms with Crippen molar-refractivity contribution in [3.63, 3.8) is 0 Å². The number of ether oxygens (including phenoxy) is 1. The Bertz CT molecular complexity index is 918. The fourth-order valence-electron chi connectivity index (χ4n) is 2.68. The van der Waals surface area contributed by atoms with Crippen LogP contribution in [0.15, 0.2) is 53.4 Å². The van der Waals surface area contributed by atoms with Crippen LogP contribution in [0.1, 0.15) is 39.7 Å². The number of benzene rings is 2. The van der Waals surface area contributed by atoms with E-state index >= 15 is 0 Å². The van der Waals surface area contributed by atoms with Crippen molar-refractivity contribution in [2.24, 2.45) is 0 Å². The number of anilines is 1. The summed E-state index contributed by atoms with van der Waals surface area (Å²) in [6, 6.07) is 13.9. The SMILES string of the molecule is CCOc1ccccc1CCC(=O)Nc1cccc(S(=O)(=O)NC(C)(C)C)c1. The molecular weight excluding hydrogens is 376 g/mol. The van der Waals surface area contributed by atoms with Crippen molar-refractivity contribution in [1.29, 1.82) is 0 Å². The number of amides is 1. The normalized spacial score (nSPS) is 11.9. The smallest absolute Gasteiger partial charge is 0.241 e. The molecule has 2 aromatic carbocycles. The van der Waals surface area contributed by atoms with Crippen LogP contribution in [0.5, 0.6) is 5.75 Å². The predicted molar refractivity (Wildman–Crippen MR) is 111 cm³/mol. The summed E-state index contributed by atoms with van der Waals surface area (Å²) in [4.78, 5) is 12.4. The first-order valence-electron chi connectivity index (χ1n) is 9.25. The molecule has 2 rings (SSSR count). The Kier molecular flexibility index (Phi) is 7.21. The van der Waals surface area contributed by atoms with Gasteiger partial charge in [-0.15, -0.1) is 0 Å². The summed E-state index contributed by atoms with van der Waals surface area (Å²) in [6.07, 6.45) is 0.798. The van der Waals surface area contributed by atoms with Crippen LogP contribution in [0.2, 0.25) is 0 Å². The van der Waals surface area contributed by atoms with Gasteiger partial charge in [0, 0.05) is 17.6 Å². The zero-order valence-electron chi connectivity index (χ0n) is 16.8. The lowest BCUT2D eigenvalue weighted by atomic mass is 10.1. The summed E-state index contributed by atoms with van der Waals surface area (Å²) in [5, 5.41) is 2.77. The number of carbonyl (C=O) groups excluding carboxylic acids is 1. The Morgan fingerprint density at radius 1 is 1.07 bits per heavy atom. The van der Waals surface area contributed by atoms with Gasteiger partial charge >= 0.3 is 0 Å². The van der Waals surface area contributed by atoms with Gasteiger partial charge in [0.05, 0.1) is 11.5 Å². The molecule has 1 amide bonds. The molecule has 0 aromatic heterocycles. The van der Waals surface area contributed by atoms with Crippen LogP contribution < -0.4 is 14.8 Å². The Morgan fingerprint density at radius 3 is 2.46 bits per heavy atom. The van der Waals surface area contributed by atoms with Crippen molar-refractivity contribution in [2.75, 3.05) is 11.9 Å². The highest BCUT2D eigenvalue weighted by Crippen LogP contribution is 2.21. The van der Waals surface area contributed by atoms with Gasteiger partial charge < -0.3 is 10.1 Å². The largest absolute Gasteiger partial charge is 0.494 e. The fourth-order valence-corrected chi connectivity index (χ4v) is 4.15. The van der Waals surface area contributed by atoms with Gasteiger partial charge in [-0.05, 0) is 63.9 Å². The molecule has 0 spiro atoms. The van der Waals surface area contributed by atoms with E-state index < -0.39 is 15.6 Å². The first kappa shape index (κ1) is 21.9. The minimum Gasteiger partial charge on any atom is -0.494 e. The molecule has 0 aliphatic heterocycles. The molecule has 0 bridgehead atoms. The lowest BCUT2D eigenvalue weighted by Crippen LogP contribution is -2.40. The second kappa shape index (κ2) is 9.21. The number of sulfonamides is 1. The minimum absolute atomic E-state index is 0.113. The zero-order valence-corrected chi connectivity index (χ0v) is 17.6. The van der Waals surface area contributed by atoms with Crippen molar-refractivity contribution < 1.29 is 17.9 Å². The number of aryl methyl sites for hydroxylation is 1. The third-order valence-electron chi connectivity index (χ3n) is 3.76. The van der Waals surface area contributed by atoms with E-state index in [9.17, 15) is 13.2 Å². The minimum atomic E-state index is -3.66. The molecule has 28 heavy (non-hydrogen) atoms. The molecule has 0 atom stereocenters. The Balaban J connectivity index is 2.03. The van der Waals surface area contributed by atoms with Crippen LogP contribution in [-0.2, 0) is 21.2 Å². The third kappa shape index (κ3) is 6.65. The number of hydrogen-bond acceptors (Lipinski definition) is 4. The number of hydrogen-bond donors (Lipinski definition) is 2. The van der Waals surface area contributed by atoms with Gasteiger partial charge in [0.25, 0.3) is 0 Å². The van der Waals surface area contributed by atoms with Gasteiger partial charge in [-0.2, -0.15) is 0 Å². The van der Waals surface area contributed by atoms with E-state index in [0.717, 1.165) is 11.3 Å². The van der Waals surface area contributed by atoms with E-state index in [1.807, 2.05) is 31.2 Å². The second-order valence-electron chi connectivity index (χ2n) is 7.47. The standard InChI is InChI=1S/C21H28N2O4S/c1-5-27-19-12-7-6-9-16(19)13-14-20(24)22-17-10-8-11-18(15-17)28(25,26)23-21(2,3)4/h6-12,15,23H,5,13-14H2,1-4H3,(H,22,24). The fraction of sp³-hybridized carbons (Fsp3) is 0.381. The summed E-state index contributed by atoms with van der Waals surface area (Å²) in [7, 11) is -3.66. The van der Waals surface area contributed by atoms with E-state index in [1.165, 1.54) is 12.1 Å². The molecule has 2 N–H and O–H groups in total. The maximum atomic E-state index is 12.5. The summed E-state index contributed by atoms with van der Waals surface area (Å²) in [5.41, 5.74) is 0.816. The van der Waals surface area contributed by atoms with Crippen LogP contribution in [0.25, 0.3) is 0 Å². The highest BCUT2D eigenvalue weighted by atomic mass is 32.2. The molecule has 0 fully saturated rings. The maximum absolute atomic E-state index is 12.5. The summed E-state index contributed by atoms with van der Waals surface area (Å²) < 4.78 is 33.1. The lowest BCUT2D eigenvalue weighted by Gasteiger charge is -2.20. The average Bonchev–Trinajstić information content (AvgIpc) is 2.59. The summed E-state index contributed by atoms with van der Waals surface area (Å²) >= 11 is 0. The van der Waals surface area contributed by atoms with Crippen molar-refractivity contribution in [2.45, 2.75) is 51.0 Å². The molecule has 0 heterocycles. The number of carbonyl (C=O) groups is 1. The average molecular weight is 405 g/mol. The zero-order chi connectivity index (χ0) is 20.8. The van der Waals surface area contributed by atoms with Gasteiger partial charge in [-0.3, -0.25) is 4.79 Å². The van der Waals surface area contributed by atoms with E-state index in [-0.39, 0.29) is 17.2 Å². The van der Waals surface area contributed by atoms with E-state index in [2.05, 4.69) is 10.0 Å². The molecule has 152 valence electrons. The summed E-state index contributed by atoms with van der Waals surface area (Å²) in [6.45, 7) is 7.80. The van der Waals surface area contributed by atoms with E-state index in [0.29, 0.717) is 18.7 Å². The molecule has 0 aliphatic rings. The molecular formula is C21H28N2O4S. The number of rotatable bonds is 8. The van der Waals surface area contributed by atoms with Crippen molar-refractivity contribution >= 4 is 21.6 Å². The molecule has 6 nitrogen and oxygen atoms in total. The van der Waals surface area contributed by atoms with Gasteiger partial charge in [-0.25, -0.2) is 13.1 Å². The maximum Gasteiger partial charge on any atom is 0.241 e. The van der Waals surface area contributed by atoms with Crippen molar-refractivity contribution in [1.82, 2.24) is 4.72 Å². The van der Waals surface area contributed by atoms with Gasteiger partial charge in [-0.1, -0.05) is 24.3 Å². The van der Waals surface area contributed by atoms with Crippen LogP contribution in [0.3, 0.4) is 0 Å². The van der Waals surface area contributed by atoms with E-state index in [4.69, 9.17) is 4.74 Å². The van der Waals surface area contributed by atoms with Crippen LogP contribution in [0, 0.1) is 0 Å². The van der Waals surface area contributed by atoms with Crippen LogP contribution >= 0.6 is 0 Å². The molecule has 0 unspecified atom stereocenters. The first-order chi connectivity index (χ1) is 13.1. The Morgan fingerprint density at radius 2 is 1.79 bits per heavy atom. The highest BCUT2D eigenvalue weighted by molar-refractivity contribution is 7.89. The topological polar surface area (TPSA) is 84.5 Å². The highest BCUT2D eigenvalue weighted by Gasteiger charge is 2.22. The van der Waals surface area contributed by atoms with Crippen LogP contribution in [-0.4, -0.2) is 26.5 Å². The van der Waals surface area contributed by atoms with E-state index in [1.54, 1.807) is 32.9 Å². The van der Waals surface area contributed by atoms with Crippen molar-refractivity contribution in [3.05, 3.63) is 54.1 Å². The Hall–Kier alpha value is -2.38. The molecule has 7 heteroatoms. The number of nitrogens with one attached hydrogen (secondary N) is 2. The summed E-state index contributed by atoms with van der Waals surface area (Å²) in [5.74, 6) is 0.587. The van der Waals surface area contributed by atoms with Crippen LogP contribution in [0.4, 0.5) is 5.69 Å². The predicted octanol–water partition coefficient (Wildman–Crippen LogP) is 3.73. The second-order valence-corrected chi connectivity index (χ2v) is 9.15. The molecule has 0 saturated heterocycles. The number of para-hydroxylation sites is 1. The Labute approximate surface area is 167 Å².